The van der Waals surface area contributed by atoms with Crippen LogP contribution in [-0.2, 0) is 12.4 Å². The van der Waals surface area contributed by atoms with Crippen molar-refractivity contribution in [3.8, 4) is 11.1 Å². The number of hydrogen-bond donors (Lipinski definition) is 1. The van der Waals surface area contributed by atoms with E-state index in [1.807, 2.05) is 12.1 Å². The average Bonchev–Trinajstić information content (AvgIpc) is 2.39. The Bertz CT molecular complexity index is 462. The summed E-state index contributed by atoms with van der Waals surface area (Å²) in [5.41, 5.74) is 10.3. The highest BCUT2D eigenvalue weighted by atomic mass is 35.5. The highest BCUT2D eigenvalue weighted by Crippen LogP contribution is 2.25. The van der Waals surface area contributed by atoms with Gasteiger partial charge in [0.1, 0.15) is 0 Å². The van der Waals surface area contributed by atoms with E-state index in [1.165, 1.54) is 11.1 Å². The predicted molar refractivity (Wildman–Crippen MR) is 69.3 cm³/mol. The lowest BCUT2D eigenvalue weighted by Crippen LogP contribution is -1.95. The molecule has 82 valence electrons. The van der Waals surface area contributed by atoms with Gasteiger partial charge >= 0.3 is 0 Å². The van der Waals surface area contributed by atoms with Crippen LogP contribution in [0.4, 0.5) is 0 Å². The molecule has 2 heteroatoms. The van der Waals surface area contributed by atoms with Gasteiger partial charge in [-0.25, -0.2) is 0 Å². The summed E-state index contributed by atoms with van der Waals surface area (Å²) >= 11 is 5.92. The van der Waals surface area contributed by atoms with E-state index >= 15 is 0 Å². The first-order valence-electron chi connectivity index (χ1n) is 5.28. The Hall–Kier alpha value is -1.31. The van der Waals surface area contributed by atoms with Crippen molar-refractivity contribution in [3.05, 3.63) is 59.7 Å². The van der Waals surface area contributed by atoms with E-state index in [2.05, 4.69) is 36.4 Å². The summed E-state index contributed by atoms with van der Waals surface area (Å²) < 4.78 is 0. The summed E-state index contributed by atoms with van der Waals surface area (Å²) in [4.78, 5) is 0. The van der Waals surface area contributed by atoms with Crippen molar-refractivity contribution in [1.82, 2.24) is 0 Å². The molecule has 2 rings (SSSR count). The van der Waals surface area contributed by atoms with Crippen LogP contribution in [0.25, 0.3) is 11.1 Å². The Kier molecular flexibility index (Phi) is 3.60. The van der Waals surface area contributed by atoms with E-state index in [9.17, 15) is 0 Å². The lowest BCUT2D eigenvalue weighted by atomic mass is 9.99. The first-order valence-corrected chi connectivity index (χ1v) is 5.82. The van der Waals surface area contributed by atoms with Gasteiger partial charge in [0, 0.05) is 12.4 Å². The quantitative estimate of drug-likeness (QED) is 0.804. The normalized spacial score (nSPS) is 10.4. The zero-order valence-corrected chi connectivity index (χ0v) is 9.74. The number of alkyl halides is 1. The highest BCUT2D eigenvalue weighted by Gasteiger charge is 2.02. The summed E-state index contributed by atoms with van der Waals surface area (Å²) in [5.74, 6) is 0.537. The van der Waals surface area contributed by atoms with Crippen LogP contribution >= 0.6 is 11.6 Å². The zero-order chi connectivity index (χ0) is 11.4. The van der Waals surface area contributed by atoms with Gasteiger partial charge in [0.05, 0.1) is 0 Å². The Morgan fingerprint density at radius 2 is 1.62 bits per heavy atom. The van der Waals surface area contributed by atoms with Crippen LogP contribution < -0.4 is 5.73 Å². The second kappa shape index (κ2) is 5.15. The SMILES string of the molecule is NCc1ccc(-c2ccccc2CCl)cc1. The maximum Gasteiger partial charge on any atom is 0.0480 e. The third kappa shape index (κ3) is 2.26. The van der Waals surface area contributed by atoms with Gasteiger partial charge < -0.3 is 5.73 Å². The van der Waals surface area contributed by atoms with Gasteiger partial charge in [-0.05, 0) is 22.3 Å². The van der Waals surface area contributed by atoms with Crippen LogP contribution in [0.2, 0.25) is 0 Å². The van der Waals surface area contributed by atoms with Crippen molar-refractivity contribution in [3.63, 3.8) is 0 Å². The maximum atomic E-state index is 5.92. The summed E-state index contributed by atoms with van der Waals surface area (Å²) in [6.07, 6.45) is 0. The van der Waals surface area contributed by atoms with E-state index in [1.54, 1.807) is 0 Å². The van der Waals surface area contributed by atoms with Gasteiger partial charge in [0.2, 0.25) is 0 Å². The summed E-state index contributed by atoms with van der Waals surface area (Å²) in [6, 6.07) is 16.5. The van der Waals surface area contributed by atoms with Crippen molar-refractivity contribution in [2.75, 3.05) is 0 Å². The smallest absolute Gasteiger partial charge is 0.0480 e. The van der Waals surface area contributed by atoms with Crippen LogP contribution in [0.3, 0.4) is 0 Å². The molecule has 2 aromatic rings. The molecule has 2 N–H and O–H groups in total. The van der Waals surface area contributed by atoms with E-state index in [0.717, 1.165) is 11.1 Å². The third-order valence-corrected chi connectivity index (χ3v) is 2.95. The molecule has 0 heterocycles. The second-order valence-corrected chi connectivity index (χ2v) is 3.96. The van der Waals surface area contributed by atoms with Crippen LogP contribution in [0.5, 0.6) is 0 Å². The number of rotatable bonds is 3. The molecule has 0 amide bonds. The highest BCUT2D eigenvalue weighted by molar-refractivity contribution is 6.17. The number of hydrogen-bond acceptors (Lipinski definition) is 1. The molecule has 16 heavy (non-hydrogen) atoms. The Balaban J connectivity index is 2.42. The Morgan fingerprint density at radius 3 is 2.25 bits per heavy atom. The Morgan fingerprint density at radius 1 is 0.938 bits per heavy atom. The maximum absolute atomic E-state index is 5.92. The standard InChI is InChI=1S/C14H14ClN/c15-9-13-3-1-2-4-14(13)12-7-5-11(10-16)6-8-12/h1-8H,9-10,16H2. The molecule has 0 aliphatic carbocycles. The molecular weight excluding hydrogens is 218 g/mol. The molecule has 0 saturated carbocycles. The van der Waals surface area contributed by atoms with Gasteiger partial charge in [-0.1, -0.05) is 48.5 Å². The summed E-state index contributed by atoms with van der Waals surface area (Å²) in [5, 5.41) is 0. The van der Waals surface area contributed by atoms with E-state index in [4.69, 9.17) is 17.3 Å². The lowest BCUT2D eigenvalue weighted by molar-refractivity contribution is 1.07. The van der Waals surface area contributed by atoms with Crippen molar-refractivity contribution < 1.29 is 0 Å². The predicted octanol–water partition coefficient (Wildman–Crippen LogP) is 3.55. The molecule has 0 radical (unpaired) electrons. The summed E-state index contributed by atoms with van der Waals surface area (Å²) in [6.45, 7) is 0.581. The fourth-order valence-electron chi connectivity index (χ4n) is 1.74. The van der Waals surface area contributed by atoms with Crippen LogP contribution in [-0.4, -0.2) is 0 Å². The number of halogens is 1. The van der Waals surface area contributed by atoms with Gasteiger partial charge in [-0.2, -0.15) is 0 Å². The molecule has 0 aliphatic rings. The molecule has 0 fully saturated rings. The molecular formula is C14H14ClN. The monoisotopic (exact) mass is 231 g/mol. The van der Waals surface area contributed by atoms with Gasteiger partial charge in [-0.15, -0.1) is 11.6 Å². The molecule has 0 aliphatic heterocycles. The molecule has 0 spiro atoms. The largest absolute Gasteiger partial charge is 0.326 e. The molecule has 0 atom stereocenters. The Labute approximate surface area is 101 Å². The minimum absolute atomic E-state index is 0.537. The average molecular weight is 232 g/mol. The van der Waals surface area contributed by atoms with Crippen LogP contribution in [0.1, 0.15) is 11.1 Å². The van der Waals surface area contributed by atoms with Crippen molar-refractivity contribution >= 4 is 11.6 Å². The van der Waals surface area contributed by atoms with E-state index in [-0.39, 0.29) is 0 Å². The molecule has 0 saturated heterocycles. The fourth-order valence-corrected chi connectivity index (χ4v) is 1.97. The van der Waals surface area contributed by atoms with Crippen molar-refractivity contribution in [2.45, 2.75) is 12.4 Å². The van der Waals surface area contributed by atoms with Crippen molar-refractivity contribution in [1.29, 1.82) is 0 Å². The van der Waals surface area contributed by atoms with Crippen LogP contribution in [0.15, 0.2) is 48.5 Å². The molecule has 1 nitrogen and oxygen atoms in total. The topological polar surface area (TPSA) is 26.0 Å². The minimum atomic E-state index is 0.537. The summed E-state index contributed by atoms with van der Waals surface area (Å²) in [7, 11) is 0. The minimum Gasteiger partial charge on any atom is -0.326 e. The first kappa shape index (κ1) is 11.2. The van der Waals surface area contributed by atoms with Gasteiger partial charge in [0.25, 0.3) is 0 Å². The lowest BCUT2D eigenvalue weighted by Gasteiger charge is -2.07. The first-order chi connectivity index (χ1) is 7.85. The van der Waals surface area contributed by atoms with Gasteiger partial charge in [-0.3, -0.25) is 0 Å². The molecule has 0 unspecified atom stereocenters. The van der Waals surface area contributed by atoms with Crippen molar-refractivity contribution in [2.24, 2.45) is 5.73 Å². The fraction of sp³-hybridized carbons (Fsp3) is 0.143. The van der Waals surface area contributed by atoms with Crippen LogP contribution in [0, 0.1) is 0 Å². The number of benzene rings is 2. The van der Waals surface area contributed by atoms with E-state index in [0.29, 0.717) is 12.4 Å². The van der Waals surface area contributed by atoms with E-state index < -0.39 is 0 Å². The molecule has 0 bridgehead atoms. The zero-order valence-electron chi connectivity index (χ0n) is 8.99. The van der Waals surface area contributed by atoms with Gasteiger partial charge in [0.15, 0.2) is 0 Å². The molecule has 2 aromatic carbocycles. The second-order valence-electron chi connectivity index (χ2n) is 3.69. The number of nitrogens with two attached hydrogens (primary N) is 1. The third-order valence-electron chi connectivity index (χ3n) is 2.66. The molecule has 0 aromatic heterocycles.